The normalized spacial score (nSPS) is 21.8. The summed E-state index contributed by atoms with van der Waals surface area (Å²) < 4.78 is 0. The molecule has 0 aliphatic heterocycles. The van der Waals surface area contributed by atoms with Crippen molar-refractivity contribution in [1.82, 2.24) is 5.32 Å². The highest BCUT2D eigenvalue weighted by Crippen LogP contribution is 2.30. The van der Waals surface area contributed by atoms with Crippen molar-refractivity contribution in [2.24, 2.45) is 0 Å². The van der Waals surface area contributed by atoms with Crippen molar-refractivity contribution in [1.29, 1.82) is 0 Å². The fourth-order valence-electron chi connectivity index (χ4n) is 2.02. The molecule has 0 aromatic carbocycles. The molecule has 0 aromatic rings. The fourth-order valence-corrected chi connectivity index (χ4v) is 2.24. The zero-order valence-corrected chi connectivity index (χ0v) is 8.41. The van der Waals surface area contributed by atoms with E-state index in [2.05, 4.69) is 24.5 Å². The molecule has 1 aliphatic carbocycles. The average molecular weight is 187 g/mol. The highest BCUT2D eigenvalue weighted by atomic mass is 32.1. The van der Waals surface area contributed by atoms with Crippen LogP contribution in [-0.2, 0) is 0 Å². The molecular weight excluding hydrogens is 170 g/mol. The first-order valence-corrected chi connectivity index (χ1v) is 5.10. The third kappa shape index (κ3) is 2.34. The van der Waals surface area contributed by atoms with Gasteiger partial charge in [-0.25, -0.2) is 0 Å². The summed E-state index contributed by atoms with van der Waals surface area (Å²) in [5.41, 5.74) is 0.101. The van der Waals surface area contributed by atoms with Crippen molar-refractivity contribution in [3.8, 4) is 0 Å². The zero-order chi connectivity index (χ0) is 9.03. The summed E-state index contributed by atoms with van der Waals surface area (Å²) in [7, 11) is 0. The second-order valence-electron chi connectivity index (χ2n) is 3.62. The minimum Gasteiger partial charge on any atom is -0.487 e. The molecule has 1 aliphatic rings. The van der Waals surface area contributed by atoms with Gasteiger partial charge in [0.1, 0.15) is 0 Å². The molecule has 0 aromatic heterocycles. The highest BCUT2D eigenvalue weighted by Gasteiger charge is 2.30. The summed E-state index contributed by atoms with van der Waals surface area (Å²) in [4.78, 5) is 0. The minimum absolute atomic E-state index is 0.0428. The molecule has 1 saturated carbocycles. The lowest BCUT2D eigenvalue weighted by atomic mass is 9.80. The van der Waals surface area contributed by atoms with Gasteiger partial charge in [-0.05, 0) is 31.5 Å². The number of hydrogen-bond donors (Lipinski definition) is 2. The van der Waals surface area contributed by atoms with Crippen LogP contribution in [0.4, 0.5) is 0 Å². The first-order valence-electron chi connectivity index (χ1n) is 4.70. The Balaban J connectivity index is 2.53. The zero-order valence-electron chi connectivity index (χ0n) is 7.60. The summed E-state index contributed by atoms with van der Waals surface area (Å²) in [6.45, 7) is 2.15. The van der Waals surface area contributed by atoms with Crippen molar-refractivity contribution in [2.75, 3.05) is 0 Å². The summed E-state index contributed by atoms with van der Waals surface area (Å²) in [5, 5.41) is 12.0. The molecule has 1 rings (SSSR count). The standard InChI is InChI=1S/C9H17NOS/c1-2-9(10-8(11)12)6-4-3-5-7-9/h2-7H2,1H3,(H2,10,11,12). The van der Waals surface area contributed by atoms with Gasteiger partial charge < -0.3 is 10.4 Å². The van der Waals surface area contributed by atoms with Crippen LogP contribution < -0.4 is 5.32 Å². The van der Waals surface area contributed by atoms with Crippen molar-refractivity contribution < 1.29 is 5.11 Å². The third-order valence-electron chi connectivity index (χ3n) is 2.86. The summed E-state index contributed by atoms with van der Waals surface area (Å²) in [5.74, 6) is 0. The molecule has 2 N–H and O–H groups in total. The van der Waals surface area contributed by atoms with Gasteiger partial charge in [0, 0.05) is 5.54 Å². The summed E-state index contributed by atoms with van der Waals surface area (Å²) in [6, 6.07) is 0. The van der Waals surface area contributed by atoms with Gasteiger partial charge in [0.15, 0.2) is 0 Å². The van der Waals surface area contributed by atoms with E-state index in [0.29, 0.717) is 0 Å². The smallest absolute Gasteiger partial charge is 0.254 e. The van der Waals surface area contributed by atoms with Crippen LogP contribution >= 0.6 is 12.2 Å². The van der Waals surface area contributed by atoms with Crippen LogP contribution in [0.2, 0.25) is 0 Å². The lowest BCUT2D eigenvalue weighted by molar-refractivity contribution is 0.246. The Labute approximate surface area is 79.4 Å². The second-order valence-corrected chi connectivity index (χ2v) is 4.01. The van der Waals surface area contributed by atoms with E-state index in [4.69, 9.17) is 5.11 Å². The van der Waals surface area contributed by atoms with Gasteiger partial charge in [-0.15, -0.1) is 0 Å². The minimum atomic E-state index is -0.0428. The van der Waals surface area contributed by atoms with Gasteiger partial charge in [0.25, 0.3) is 5.17 Å². The van der Waals surface area contributed by atoms with Crippen LogP contribution in [0.1, 0.15) is 45.4 Å². The predicted octanol–water partition coefficient (Wildman–Crippen LogP) is 2.53. The Morgan fingerprint density at radius 2 is 2.00 bits per heavy atom. The summed E-state index contributed by atoms with van der Waals surface area (Å²) in [6.07, 6.45) is 7.16. The van der Waals surface area contributed by atoms with Crippen LogP contribution in [0.3, 0.4) is 0 Å². The molecule has 0 atom stereocenters. The van der Waals surface area contributed by atoms with Crippen molar-refractivity contribution >= 4 is 17.4 Å². The van der Waals surface area contributed by atoms with Gasteiger partial charge in [-0.2, -0.15) is 0 Å². The van der Waals surface area contributed by atoms with E-state index in [1.807, 2.05) is 0 Å². The Bertz CT molecular complexity index is 164. The molecule has 0 bridgehead atoms. The van der Waals surface area contributed by atoms with E-state index in [9.17, 15) is 0 Å². The largest absolute Gasteiger partial charge is 0.487 e. The lowest BCUT2D eigenvalue weighted by Crippen LogP contribution is -2.48. The number of hydrogen-bond acceptors (Lipinski definition) is 1. The van der Waals surface area contributed by atoms with Crippen molar-refractivity contribution in [2.45, 2.75) is 51.0 Å². The van der Waals surface area contributed by atoms with Gasteiger partial charge in [-0.3, -0.25) is 0 Å². The number of aliphatic hydroxyl groups excluding tert-OH is 1. The van der Waals surface area contributed by atoms with Gasteiger partial charge in [0.05, 0.1) is 0 Å². The fraction of sp³-hybridized carbons (Fsp3) is 0.889. The molecule has 0 spiro atoms. The Morgan fingerprint density at radius 3 is 2.42 bits per heavy atom. The van der Waals surface area contributed by atoms with Crippen molar-refractivity contribution in [3.05, 3.63) is 0 Å². The van der Waals surface area contributed by atoms with E-state index < -0.39 is 0 Å². The Hall–Kier alpha value is -0.310. The van der Waals surface area contributed by atoms with Crippen LogP contribution in [0.15, 0.2) is 0 Å². The van der Waals surface area contributed by atoms with Gasteiger partial charge >= 0.3 is 0 Å². The Kier molecular flexibility index (Phi) is 3.32. The van der Waals surface area contributed by atoms with Crippen molar-refractivity contribution in [3.63, 3.8) is 0 Å². The van der Waals surface area contributed by atoms with E-state index >= 15 is 0 Å². The van der Waals surface area contributed by atoms with Gasteiger partial charge in [0.2, 0.25) is 0 Å². The molecule has 2 nitrogen and oxygen atoms in total. The van der Waals surface area contributed by atoms with E-state index in [0.717, 1.165) is 19.3 Å². The molecular formula is C9H17NOS. The van der Waals surface area contributed by atoms with Crippen LogP contribution in [0.5, 0.6) is 0 Å². The van der Waals surface area contributed by atoms with E-state index in [1.54, 1.807) is 0 Å². The van der Waals surface area contributed by atoms with Gasteiger partial charge in [-0.1, -0.05) is 26.2 Å². The molecule has 70 valence electrons. The first-order chi connectivity index (χ1) is 5.68. The first kappa shape index (κ1) is 9.78. The molecule has 0 amide bonds. The van der Waals surface area contributed by atoms with E-state index in [1.165, 1.54) is 19.3 Å². The SMILES string of the molecule is CCC1(NC(O)=S)CCCCC1. The third-order valence-corrected chi connectivity index (χ3v) is 2.96. The molecule has 3 heteroatoms. The number of thiocarbonyl (C=S) groups is 1. The quantitative estimate of drug-likeness (QED) is 0.652. The second kappa shape index (κ2) is 4.08. The molecule has 12 heavy (non-hydrogen) atoms. The van der Waals surface area contributed by atoms with Crippen LogP contribution in [0, 0.1) is 0 Å². The topological polar surface area (TPSA) is 32.3 Å². The number of aliphatic hydroxyl groups is 1. The maximum absolute atomic E-state index is 9.02. The lowest BCUT2D eigenvalue weighted by Gasteiger charge is -2.37. The average Bonchev–Trinajstić information content (AvgIpc) is 2.05. The maximum atomic E-state index is 9.02. The Morgan fingerprint density at radius 1 is 1.42 bits per heavy atom. The molecule has 0 unspecified atom stereocenters. The molecule has 1 fully saturated rings. The summed E-state index contributed by atoms with van der Waals surface area (Å²) >= 11 is 4.66. The van der Waals surface area contributed by atoms with E-state index in [-0.39, 0.29) is 10.7 Å². The number of nitrogens with one attached hydrogen (secondary N) is 1. The highest BCUT2D eigenvalue weighted by molar-refractivity contribution is 7.79. The molecule has 0 saturated heterocycles. The maximum Gasteiger partial charge on any atom is 0.254 e. The van der Waals surface area contributed by atoms with Crippen LogP contribution in [-0.4, -0.2) is 15.8 Å². The molecule has 0 heterocycles. The molecule has 0 radical (unpaired) electrons. The van der Waals surface area contributed by atoms with Crippen LogP contribution in [0.25, 0.3) is 0 Å². The number of rotatable bonds is 2. The monoisotopic (exact) mass is 187 g/mol. The predicted molar refractivity (Wildman–Crippen MR) is 54.5 cm³/mol.